The van der Waals surface area contributed by atoms with E-state index in [1.54, 1.807) is 0 Å². The summed E-state index contributed by atoms with van der Waals surface area (Å²) in [5, 5.41) is 0. The van der Waals surface area contributed by atoms with Crippen LogP contribution in [0.15, 0.2) is 24.3 Å². The van der Waals surface area contributed by atoms with Gasteiger partial charge in [-0.3, -0.25) is 9.69 Å². The number of benzene rings is 1. The first-order chi connectivity index (χ1) is 11.0. The largest absolute Gasteiger partial charge is 0.337 e. The third kappa shape index (κ3) is 3.75. The van der Waals surface area contributed by atoms with Crippen molar-refractivity contribution in [2.45, 2.75) is 32.4 Å². The van der Waals surface area contributed by atoms with Crippen molar-refractivity contribution >= 4 is 15.7 Å². The minimum atomic E-state index is -2.92. The lowest BCUT2D eigenvalue weighted by Crippen LogP contribution is -2.46. The predicted molar refractivity (Wildman–Crippen MR) is 89.9 cm³/mol. The van der Waals surface area contributed by atoms with E-state index in [4.69, 9.17) is 0 Å². The molecule has 6 heteroatoms. The molecule has 0 saturated carbocycles. The predicted octanol–water partition coefficient (Wildman–Crippen LogP) is 1.08. The summed E-state index contributed by atoms with van der Waals surface area (Å²) in [5.74, 6) is 0.543. The van der Waals surface area contributed by atoms with Gasteiger partial charge in [-0.1, -0.05) is 31.2 Å². The summed E-state index contributed by atoms with van der Waals surface area (Å²) in [6.07, 6.45) is 1.54. The second kappa shape index (κ2) is 6.61. The van der Waals surface area contributed by atoms with E-state index in [1.807, 2.05) is 28.9 Å². The van der Waals surface area contributed by atoms with Crippen LogP contribution in [0.2, 0.25) is 0 Å². The van der Waals surface area contributed by atoms with Gasteiger partial charge in [-0.15, -0.1) is 0 Å². The number of fused-ring (bicyclic) bond motifs is 1. The van der Waals surface area contributed by atoms with E-state index in [0.29, 0.717) is 26.1 Å². The Balaban J connectivity index is 1.62. The fraction of sp³-hybridized carbons (Fsp3) is 0.588. The minimum absolute atomic E-state index is 0.00831. The molecule has 1 amide bonds. The first kappa shape index (κ1) is 16.5. The van der Waals surface area contributed by atoms with E-state index in [-0.39, 0.29) is 23.5 Å². The second-order valence-corrected chi connectivity index (χ2v) is 8.68. The van der Waals surface area contributed by atoms with E-state index < -0.39 is 9.84 Å². The van der Waals surface area contributed by atoms with Gasteiger partial charge in [0.05, 0.1) is 18.1 Å². The van der Waals surface area contributed by atoms with E-state index in [9.17, 15) is 13.2 Å². The van der Waals surface area contributed by atoms with Crippen molar-refractivity contribution in [3.63, 3.8) is 0 Å². The monoisotopic (exact) mass is 336 g/mol. The number of hydrogen-bond donors (Lipinski definition) is 0. The Kier molecular flexibility index (Phi) is 4.73. The number of likely N-dealkylation sites (N-methyl/N-ethyl adjacent to an activating group) is 1. The van der Waals surface area contributed by atoms with Crippen LogP contribution in [0.4, 0.5) is 0 Å². The fourth-order valence-electron chi connectivity index (χ4n) is 3.54. The Morgan fingerprint density at radius 1 is 1.30 bits per heavy atom. The summed E-state index contributed by atoms with van der Waals surface area (Å²) in [6, 6.07) is 8.24. The quantitative estimate of drug-likeness (QED) is 0.826. The van der Waals surface area contributed by atoms with Crippen LogP contribution in [-0.2, 0) is 27.6 Å². The molecule has 1 aromatic carbocycles. The van der Waals surface area contributed by atoms with Crippen LogP contribution in [0.3, 0.4) is 0 Å². The summed E-state index contributed by atoms with van der Waals surface area (Å²) in [7, 11) is -2.92. The number of carbonyl (C=O) groups is 1. The van der Waals surface area contributed by atoms with Crippen LogP contribution in [0.1, 0.15) is 24.5 Å². The van der Waals surface area contributed by atoms with Gasteiger partial charge in [-0.2, -0.15) is 0 Å². The molecule has 3 rings (SSSR count). The van der Waals surface area contributed by atoms with Gasteiger partial charge in [0.15, 0.2) is 9.84 Å². The first-order valence-electron chi connectivity index (χ1n) is 8.27. The van der Waals surface area contributed by atoms with Gasteiger partial charge in [0, 0.05) is 19.1 Å². The molecule has 126 valence electrons. The average molecular weight is 336 g/mol. The molecule has 0 spiro atoms. The smallest absolute Gasteiger partial charge is 0.237 e. The molecule has 1 saturated heterocycles. The summed E-state index contributed by atoms with van der Waals surface area (Å²) >= 11 is 0. The maximum absolute atomic E-state index is 12.6. The number of amides is 1. The summed E-state index contributed by atoms with van der Waals surface area (Å²) in [4.78, 5) is 16.5. The van der Waals surface area contributed by atoms with Crippen LogP contribution in [0, 0.1) is 0 Å². The molecule has 1 fully saturated rings. The first-order valence-corrected chi connectivity index (χ1v) is 10.1. The van der Waals surface area contributed by atoms with Crippen molar-refractivity contribution < 1.29 is 13.2 Å². The summed E-state index contributed by atoms with van der Waals surface area (Å²) < 4.78 is 23.3. The molecule has 0 bridgehead atoms. The molecular formula is C17H24N2O3S. The molecule has 0 aliphatic carbocycles. The normalized spacial score (nSPS) is 23.0. The molecule has 23 heavy (non-hydrogen) atoms. The number of sulfone groups is 1. The molecule has 2 aliphatic heterocycles. The lowest BCUT2D eigenvalue weighted by molar-refractivity contribution is -0.133. The molecule has 1 atom stereocenters. The number of hydrogen-bond acceptors (Lipinski definition) is 4. The van der Waals surface area contributed by atoms with Crippen molar-refractivity contribution in [3.8, 4) is 0 Å². The lowest BCUT2D eigenvalue weighted by Gasteiger charge is -2.32. The summed E-state index contributed by atoms with van der Waals surface area (Å²) in [6.45, 7) is 4.42. The highest BCUT2D eigenvalue weighted by molar-refractivity contribution is 7.91. The van der Waals surface area contributed by atoms with Gasteiger partial charge < -0.3 is 4.90 Å². The van der Waals surface area contributed by atoms with Crippen molar-refractivity contribution in [2.75, 3.05) is 31.1 Å². The molecule has 2 aliphatic rings. The standard InChI is InChI=1S/C17H24N2O3S/c1-2-18(16-8-10-23(21,22)13-16)12-17(20)19-9-7-14-5-3-4-6-15(14)11-19/h3-6,16H,2,7-13H2,1H3. The van der Waals surface area contributed by atoms with E-state index >= 15 is 0 Å². The van der Waals surface area contributed by atoms with Gasteiger partial charge in [0.2, 0.25) is 5.91 Å². The third-order valence-electron chi connectivity index (χ3n) is 4.95. The molecule has 2 heterocycles. The Morgan fingerprint density at radius 2 is 2.04 bits per heavy atom. The second-order valence-electron chi connectivity index (χ2n) is 6.45. The number of nitrogens with zero attached hydrogens (tertiary/aromatic N) is 2. The van der Waals surface area contributed by atoms with Crippen molar-refractivity contribution in [2.24, 2.45) is 0 Å². The topological polar surface area (TPSA) is 57.7 Å². The zero-order chi connectivity index (χ0) is 16.4. The van der Waals surface area contributed by atoms with E-state index in [2.05, 4.69) is 12.1 Å². The number of carbonyl (C=O) groups excluding carboxylic acids is 1. The maximum Gasteiger partial charge on any atom is 0.237 e. The van der Waals surface area contributed by atoms with Crippen LogP contribution in [0.5, 0.6) is 0 Å². The fourth-order valence-corrected chi connectivity index (χ4v) is 5.31. The molecule has 0 radical (unpaired) electrons. The Labute approximate surface area is 138 Å². The Morgan fingerprint density at radius 3 is 2.70 bits per heavy atom. The molecule has 5 nitrogen and oxygen atoms in total. The van der Waals surface area contributed by atoms with Gasteiger partial charge >= 0.3 is 0 Å². The third-order valence-corrected chi connectivity index (χ3v) is 6.70. The van der Waals surface area contributed by atoms with Crippen molar-refractivity contribution in [1.29, 1.82) is 0 Å². The molecular weight excluding hydrogens is 312 g/mol. The van der Waals surface area contributed by atoms with E-state index in [0.717, 1.165) is 13.0 Å². The van der Waals surface area contributed by atoms with Crippen molar-refractivity contribution in [1.82, 2.24) is 9.80 Å². The van der Waals surface area contributed by atoms with Crippen LogP contribution in [0.25, 0.3) is 0 Å². The minimum Gasteiger partial charge on any atom is -0.337 e. The van der Waals surface area contributed by atoms with Gasteiger partial charge in [-0.05, 0) is 30.5 Å². The zero-order valence-corrected chi connectivity index (χ0v) is 14.4. The number of rotatable bonds is 4. The maximum atomic E-state index is 12.6. The molecule has 1 aromatic rings. The Hall–Kier alpha value is -1.40. The lowest BCUT2D eigenvalue weighted by atomic mass is 10.00. The van der Waals surface area contributed by atoms with E-state index in [1.165, 1.54) is 11.1 Å². The molecule has 0 aromatic heterocycles. The highest BCUT2D eigenvalue weighted by Crippen LogP contribution is 2.20. The SMILES string of the molecule is CCN(CC(=O)N1CCc2ccccc2C1)C1CCS(=O)(=O)C1. The van der Waals surface area contributed by atoms with Gasteiger partial charge in [0.25, 0.3) is 0 Å². The summed E-state index contributed by atoms with van der Waals surface area (Å²) in [5.41, 5.74) is 2.55. The van der Waals surface area contributed by atoms with Gasteiger partial charge in [0.1, 0.15) is 0 Å². The average Bonchev–Trinajstić information content (AvgIpc) is 2.91. The highest BCUT2D eigenvalue weighted by atomic mass is 32.2. The van der Waals surface area contributed by atoms with Gasteiger partial charge in [-0.25, -0.2) is 8.42 Å². The van der Waals surface area contributed by atoms with Crippen LogP contribution in [-0.4, -0.2) is 61.3 Å². The van der Waals surface area contributed by atoms with Crippen molar-refractivity contribution in [3.05, 3.63) is 35.4 Å². The molecule has 0 N–H and O–H groups in total. The van der Waals surface area contributed by atoms with Crippen LogP contribution < -0.4 is 0 Å². The molecule has 1 unspecified atom stereocenters. The zero-order valence-electron chi connectivity index (χ0n) is 13.6. The highest BCUT2D eigenvalue weighted by Gasteiger charge is 2.33. The van der Waals surface area contributed by atoms with Crippen LogP contribution >= 0.6 is 0 Å². The Bertz CT molecular complexity index is 687.